The molecule has 0 amide bonds. The van der Waals surface area contributed by atoms with Crippen LogP contribution < -0.4 is 15.3 Å². The molecule has 0 aliphatic carbocycles. The highest BCUT2D eigenvalue weighted by Gasteiger charge is 2.17. The van der Waals surface area contributed by atoms with Crippen molar-refractivity contribution >= 4 is 17.0 Å². The SMILES string of the molecule is N#CC(C#N)=c1ccc(=C(c2ccc(N3CCCC3)cc2)N2CCCCC2)cc1. The van der Waals surface area contributed by atoms with E-state index in [0.717, 1.165) is 31.4 Å². The van der Waals surface area contributed by atoms with E-state index in [1.165, 1.54) is 49.1 Å². The van der Waals surface area contributed by atoms with Crippen LogP contribution in [0.4, 0.5) is 5.69 Å². The molecule has 2 saturated heterocycles. The Morgan fingerprint density at radius 3 is 1.79 bits per heavy atom. The van der Waals surface area contributed by atoms with Crippen molar-refractivity contribution in [3.05, 3.63) is 64.5 Å². The Hall–Kier alpha value is -3.24. The first-order valence-electron chi connectivity index (χ1n) is 10.6. The summed E-state index contributed by atoms with van der Waals surface area (Å²) in [4.78, 5) is 4.95. The third-order valence-corrected chi connectivity index (χ3v) is 5.95. The van der Waals surface area contributed by atoms with Crippen molar-refractivity contribution in [2.24, 2.45) is 0 Å². The number of benzene rings is 2. The predicted octanol–water partition coefficient (Wildman–Crippen LogP) is 3.13. The number of nitriles is 2. The smallest absolute Gasteiger partial charge is 0.136 e. The van der Waals surface area contributed by atoms with Gasteiger partial charge in [0.05, 0.1) is 5.70 Å². The molecular weight excluding hydrogens is 356 g/mol. The summed E-state index contributed by atoms with van der Waals surface area (Å²) in [5, 5.41) is 20.1. The molecular formula is C25H26N4. The zero-order chi connectivity index (χ0) is 20.1. The minimum absolute atomic E-state index is 0.158. The molecule has 29 heavy (non-hydrogen) atoms. The van der Waals surface area contributed by atoms with Gasteiger partial charge in [0, 0.05) is 37.1 Å². The first kappa shape index (κ1) is 19.1. The van der Waals surface area contributed by atoms with E-state index in [-0.39, 0.29) is 5.57 Å². The van der Waals surface area contributed by atoms with Gasteiger partial charge in [0.1, 0.15) is 17.7 Å². The van der Waals surface area contributed by atoms with Crippen LogP contribution >= 0.6 is 0 Å². The zero-order valence-electron chi connectivity index (χ0n) is 16.8. The zero-order valence-corrected chi connectivity index (χ0v) is 16.8. The van der Waals surface area contributed by atoms with Crippen molar-refractivity contribution in [2.45, 2.75) is 32.1 Å². The van der Waals surface area contributed by atoms with E-state index in [1.54, 1.807) is 0 Å². The summed E-state index contributed by atoms with van der Waals surface area (Å²) < 4.78 is 0. The van der Waals surface area contributed by atoms with Crippen LogP contribution in [0.5, 0.6) is 0 Å². The highest BCUT2D eigenvalue weighted by Crippen LogP contribution is 2.25. The summed E-state index contributed by atoms with van der Waals surface area (Å²) in [5.74, 6) is 0. The van der Waals surface area contributed by atoms with Crippen molar-refractivity contribution < 1.29 is 0 Å². The van der Waals surface area contributed by atoms with E-state index in [0.29, 0.717) is 5.22 Å². The monoisotopic (exact) mass is 382 g/mol. The Kier molecular flexibility index (Phi) is 5.82. The average Bonchev–Trinajstić information content (AvgIpc) is 3.32. The van der Waals surface area contributed by atoms with Crippen LogP contribution in [0.3, 0.4) is 0 Å². The summed E-state index contributed by atoms with van der Waals surface area (Å²) in [6, 6.07) is 20.8. The largest absolute Gasteiger partial charge is 0.372 e. The molecule has 4 rings (SSSR count). The lowest BCUT2D eigenvalue weighted by Gasteiger charge is -2.32. The van der Waals surface area contributed by atoms with Crippen LogP contribution in [0.15, 0.2) is 48.5 Å². The number of piperidine rings is 1. The van der Waals surface area contributed by atoms with E-state index in [2.05, 4.69) is 34.1 Å². The molecule has 0 N–H and O–H groups in total. The van der Waals surface area contributed by atoms with Crippen LogP contribution in [0, 0.1) is 22.7 Å². The molecule has 2 fully saturated rings. The Labute approximate surface area is 172 Å². The summed E-state index contributed by atoms with van der Waals surface area (Å²) in [6.45, 7) is 4.44. The van der Waals surface area contributed by atoms with Crippen LogP contribution in [-0.2, 0) is 0 Å². The van der Waals surface area contributed by atoms with Gasteiger partial charge in [-0.05, 0) is 55.0 Å². The lowest BCUT2D eigenvalue weighted by atomic mass is 10.0. The molecule has 0 atom stereocenters. The second-order valence-corrected chi connectivity index (χ2v) is 7.81. The maximum atomic E-state index is 9.13. The molecule has 146 valence electrons. The molecule has 2 aromatic rings. The van der Waals surface area contributed by atoms with Gasteiger partial charge in [0.15, 0.2) is 0 Å². The first-order chi connectivity index (χ1) is 14.3. The molecule has 2 aromatic carbocycles. The molecule has 4 nitrogen and oxygen atoms in total. The summed E-state index contributed by atoms with van der Waals surface area (Å²) in [6.07, 6.45) is 6.29. The second kappa shape index (κ2) is 8.84. The summed E-state index contributed by atoms with van der Waals surface area (Å²) in [5.41, 5.74) is 3.94. The molecule has 0 saturated carbocycles. The van der Waals surface area contributed by atoms with Gasteiger partial charge in [0.25, 0.3) is 0 Å². The Morgan fingerprint density at radius 1 is 0.655 bits per heavy atom. The molecule has 0 unspecified atom stereocenters. The van der Waals surface area contributed by atoms with Gasteiger partial charge in [-0.1, -0.05) is 36.4 Å². The number of hydrogen-bond donors (Lipinski definition) is 0. The lowest BCUT2D eigenvalue weighted by Crippen LogP contribution is -2.32. The topological polar surface area (TPSA) is 54.1 Å². The number of likely N-dealkylation sites (tertiary alicyclic amines) is 1. The average molecular weight is 383 g/mol. The summed E-state index contributed by atoms with van der Waals surface area (Å²) >= 11 is 0. The number of nitrogens with zero attached hydrogens (tertiary/aromatic N) is 4. The standard InChI is InChI=1S/C25H26N4/c26-18-23(19-27)20-6-8-21(9-7-20)25(29-16-2-1-3-17-29)22-10-12-24(13-11-22)28-14-4-5-15-28/h6-13H,1-5,14-17H2. The Bertz CT molecular complexity index is 1020. The molecule has 0 radical (unpaired) electrons. The minimum atomic E-state index is 0.158. The number of hydrogen-bond acceptors (Lipinski definition) is 4. The molecule has 4 heteroatoms. The van der Waals surface area contributed by atoms with Crippen molar-refractivity contribution in [2.75, 3.05) is 31.1 Å². The normalized spacial score (nSPS) is 16.2. The van der Waals surface area contributed by atoms with Gasteiger partial charge >= 0.3 is 0 Å². The van der Waals surface area contributed by atoms with Crippen molar-refractivity contribution in [3.63, 3.8) is 0 Å². The van der Waals surface area contributed by atoms with Crippen molar-refractivity contribution in [3.8, 4) is 12.1 Å². The molecule has 0 bridgehead atoms. The fourth-order valence-corrected chi connectivity index (χ4v) is 4.40. The van der Waals surface area contributed by atoms with Crippen molar-refractivity contribution in [1.29, 1.82) is 10.5 Å². The van der Waals surface area contributed by atoms with E-state index in [1.807, 2.05) is 36.4 Å². The van der Waals surface area contributed by atoms with Crippen molar-refractivity contribution in [1.82, 2.24) is 4.90 Å². The maximum Gasteiger partial charge on any atom is 0.136 e. The minimum Gasteiger partial charge on any atom is -0.372 e. The van der Waals surface area contributed by atoms with Gasteiger partial charge in [-0.2, -0.15) is 10.5 Å². The second-order valence-electron chi connectivity index (χ2n) is 7.81. The van der Waals surface area contributed by atoms with Crippen LogP contribution in [-0.4, -0.2) is 31.1 Å². The van der Waals surface area contributed by atoms with Crippen LogP contribution in [0.1, 0.15) is 37.7 Å². The number of anilines is 1. The van der Waals surface area contributed by atoms with E-state index < -0.39 is 0 Å². The van der Waals surface area contributed by atoms with Gasteiger partial charge < -0.3 is 9.80 Å². The maximum absolute atomic E-state index is 9.13. The van der Waals surface area contributed by atoms with E-state index in [4.69, 9.17) is 10.5 Å². The molecule has 0 aromatic heterocycles. The lowest BCUT2D eigenvalue weighted by molar-refractivity contribution is 0.324. The number of rotatable bonds is 3. The fraction of sp³-hybridized carbons (Fsp3) is 0.360. The highest BCUT2D eigenvalue weighted by atomic mass is 15.1. The third kappa shape index (κ3) is 4.13. The molecule has 0 spiro atoms. The Morgan fingerprint density at radius 2 is 1.21 bits per heavy atom. The van der Waals surface area contributed by atoms with Gasteiger partial charge in [-0.15, -0.1) is 0 Å². The van der Waals surface area contributed by atoms with E-state index in [9.17, 15) is 0 Å². The fourth-order valence-electron chi connectivity index (χ4n) is 4.40. The Balaban J connectivity index is 1.78. The van der Waals surface area contributed by atoms with Gasteiger partial charge in [0.2, 0.25) is 0 Å². The molecule has 2 aliphatic heterocycles. The summed E-state index contributed by atoms with van der Waals surface area (Å²) in [7, 11) is 0. The van der Waals surface area contributed by atoms with Gasteiger partial charge in [-0.3, -0.25) is 0 Å². The molecule has 2 heterocycles. The quantitative estimate of drug-likeness (QED) is 0.818. The van der Waals surface area contributed by atoms with Gasteiger partial charge in [-0.25, -0.2) is 0 Å². The highest BCUT2D eigenvalue weighted by molar-refractivity contribution is 5.72. The van der Waals surface area contributed by atoms with E-state index >= 15 is 0 Å². The van der Waals surface area contributed by atoms with Crippen LogP contribution in [0.2, 0.25) is 0 Å². The first-order valence-corrected chi connectivity index (χ1v) is 10.6. The molecule has 2 aliphatic rings. The third-order valence-electron chi connectivity index (χ3n) is 5.95. The predicted molar refractivity (Wildman–Crippen MR) is 116 cm³/mol. The van der Waals surface area contributed by atoms with Crippen LogP contribution in [0.25, 0.3) is 11.3 Å².